The van der Waals surface area contributed by atoms with Crippen LogP contribution in [0, 0.1) is 17.6 Å². The zero-order valence-corrected chi connectivity index (χ0v) is 13.0. The minimum atomic E-state index is -0.739. The fraction of sp³-hybridized carbons (Fsp3) is 0.471. The normalized spacial score (nSPS) is 24.7. The first-order chi connectivity index (χ1) is 11.0. The summed E-state index contributed by atoms with van der Waals surface area (Å²) in [7, 11) is 1.29. The van der Waals surface area contributed by atoms with Crippen LogP contribution < -0.4 is 4.74 Å². The van der Waals surface area contributed by atoms with Crippen molar-refractivity contribution < 1.29 is 27.8 Å². The van der Waals surface area contributed by atoms with Gasteiger partial charge in [-0.2, -0.15) is 0 Å². The fourth-order valence-electron chi connectivity index (χ4n) is 3.29. The SMILES string of the molecule is COc1cc(F)c(C[C@@H](C)[C@]23CCC(=O)C=C2OCO3)cc1F. The number of hydrogen-bond donors (Lipinski definition) is 0. The van der Waals surface area contributed by atoms with Crippen molar-refractivity contribution in [3.05, 3.63) is 41.2 Å². The average Bonchev–Trinajstić information content (AvgIpc) is 2.94. The third-order valence-electron chi connectivity index (χ3n) is 4.63. The van der Waals surface area contributed by atoms with Gasteiger partial charge in [-0.3, -0.25) is 4.79 Å². The van der Waals surface area contributed by atoms with E-state index in [1.54, 1.807) is 0 Å². The average molecular weight is 324 g/mol. The summed E-state index contributed by atoms with van der Waals surface area (Å²) in [6, 6.07) is 2.19. The molecule has 1 aliphatic carbocycles. The number of allylic oxidation sites excluding steroid dienone is 1. The summed E-state index contributed by atoms with van der Waals surface area (Å²) in [5, 5.41) is 0. The lowest BCUT2D eigenvalue weighted by Crippen LogP contribution is -2.41. The highest BCUT2D eigenvalue weighted by atomic mass is 19.1. The summed E-state index contributed by atoms with van der Waals surface area (Å²) >= 11 is 0. The second kappa shape index (κ2) is 5.92. The number of fused-ring (bicyclic) bond motifs is 1. The molecule has 23 heavy (non-hydrogen) atoms. The molecule has 1 aromatic rings. The zero-order chi connectivity index (χ0) is 16.6. The third-order valence-corrected chi connectivity index (χ3v) is 4.63. The van der Waals surface area contributed by atoms with E-state index in [2.05, 4.69) is 0 Å². The van der Waals surface area contributed by atoms with Crippen LogP contribution in [0.15, 0.2) is 24.0 Å². The Hall–Kier alpha value is -1.95. The summed E-state index contributed by atoms with van der Waals surface area (Å²) in [5.74, 6) is -0.937. The van der Waals surface area contributed by atoms with Gasteiger partial charge >= 0.3 is 0 Å². The minimum Gasteiger partial charge on any atom is -0.494 e. The van der Waals surface area contributed by atoms with Crippen molar-refractivity contribution in [2.45, 2.75) is 31.8 Å². The van der Waals surface area contributed by atoms with E-state index in [1.807, 2.05) is 6.92 Å². The molecule has 0 saturated carbocycles. The second-order valence-corrected chi connectivity index (χ2v) is 5.95. The van der Waals surface area contributed by atoms with Gasteiger partial charge in [-0.25, -0.2) is 8.78 Å². The van der Waals surface area contributed by atoms with Gasteiger partial charge in [-0.1, -0.05) is 6.92 Å². The maximum atomic E-state index is 14.2. The van der Waals surface area contributed by atoms with E-state index in [4.69, 9.17) is 14.2 Å². The Morgan fingerprint density at radius 2 is 2.13 bits per heavy atom. The lowest BCUT2D eigenvalue weighted by molar-refractivity contribution is -0.117. The summed E-state index contributed by atoms with van der Waals surface area (Å²) in [6.45, 7) is 1.96. The molecule has 6 heteroatoms. The molecule has 4 nitrogen and oxygen atoms in total. The fourth-order valence-corrected chi connectivity index (χ4v) is 3.29. The van der Waals surface area contributed by atoms with E-state index in [-0.39, 0.29) is 36.2 Å². The topological polar surface area (TPSA) is 44.8 Å². The van der Waals surface area contributed by atoms with Crippen molar-refractivity contribution in [3.8, 4) is 5.75 Å². The molecule has 1 saturated heterocycles. The van der Waals surface area contributed by atoms with E-state index in [0.29, 0.717) is 18.6 Å². The molecule has 1 fully saturated rings. The highest BCUT2D eigenvalue weighted by molar-refractivity contribution is 5.91. The van der Waals surface area contributed by atoms with Crippen molar-refractivity contribution in [3.63, 3.8) is 0 Å². The van der Waals surface area contributed by atoms with Crippen LogP contribution >= 0.6 is 0 Å². The van der Waals surface area contributed by atoms with E-state index in [9.17, 15) is 13.6 Å². The Bertz CT molecular complexity index is 671. The molecule has 1 heterocycles. The molecule has 0 bridgehead atoms. The number of ketones is 1. The molecular weight excluding hydrogens is 306 g/mol. The van der Waals surface area contributed by atoms with Crippen LogP contribution in [0.5, 0.6) is 5.75 Å². The van der Waals surface area contributed by atoms with Crippen LogP contribution in [-0.2, 0) is 20.7 Å². The Morgan fingerprint density at radius 1 is 1.35 bits per heavy atom. The number of rotatable bonds is 4. The first-order valence-electron chi connectivity index (χ1n) is 7.50. The second-order valence-electron chi connectivity index (χ2n) is 5.95. The van der Waals surface area contributed by atoms with Crippen LogP contribution in [0.25, 0.3) is 0 Å². The Balaban J connectivity index is 1.87. The lowest BCUT2D eigenvalue weighted by atomic mass is 9.76. The predicted octanol–water partition coefficient (Wildman–Crippen LogP) is 3.14. The van der Waals surface area contributed by atoms with Crippen molar-refractivity contribution in [1.82, 2.24) is 0 Å². The van der Waals surface area contributed by atoms with Crippen LogP contribution in [0.2, 0.25) is 0 Å². The van der Waals surface area contributed by atoms with Crippen LogP contribution in [0.4, 0.5) is 8.78 Å². The molecule has 2 atom stereocenters. The zero-order valence-electron chi connectivity index (χ0n) is 13.0. The quantitative estimate of drug-likeness (QED) is 0.853. The van der Waals surface area contributed by atoms with E-state index < -0.39 is 17.2 Å². The van der Waals surface area contributed by atoms with E-state index in [0.717, 1.165) is 12.1 Å². The molecule has 0 aromatic heterocycles. The predicted molar refractivity (Wildman–Crippen MR) is 77.9 cm³/mol. The molecule has 2 aliphatic rings. The van der Waals surface area contributed by atoms with Crippen LogP contribution in [0.3, 0.4) is 0 Å². The first-order valence-corrected chi connectivity index (χ1v) is 7.50. The molecular formula is C17H18F2O4. The van der Waals surface area contributed by atoms with Crippen molar-refractivity contribution in [1.29, 1.82) is 0 Å². The van der Waals surface area contributed by atoms with E-state index >= 15 is 0 Å². The minimum absolute atomic E-state index is 0.00463. The number of halogens is 2. The van der Waals surface area contributed by atoms with Crippen molar-refractivity contribution in [2.24, 2.45) is 5.92 Å². The molecule has 3 rings (SSSR count). The lowest BCUT2D eigenvalue weighted by Gasteiger charge is -2.35. The van der Waals surface area contributed by atoms with Gasteiger partial charge in [0.15, 0.2) is 24.1 Å². The first kappa shape index (κ1) is 15.9. The number of methoxy groups -OCH3 is 1. The van der Waals surface area contributed by atoms with E-state index in [1.165, 1.54) is 13.2 Å². The van der Waals surface area contributed by atoms with Crippen LogP contribution in [-0.4, -0.2) is 25.3 Å². The maximum Gasteiger partial charge on any atom is 0.189 e. The summed E-state index contributed by atoms with van der Waals surface area (Å²) in [6.07, 6.45) is 2.56. The largest absolute Gasteiger partial charge is 0.494 e. The number of hydrogen-bond acceptors (Lipinski definition) is 4. The molecule has 0 radical (unpaired) electrons. The molecule has 0 amide bonds. The van der Waals surface area contributed by atoms with Gasteiger partial charge in [0, 0.05) is 18.6 Å². The van der Waals surface area contributed by atoms with Gasteiger partial charge in [0.05, 0.1) is 7.11 Å². The molecule has 0 spiro atoms. The summed E-state index contributed by atoms with van der Waals surface area (Å²) in [5.41, 5.74) is -0.492. The van der Waals surface area contributed by atoms with Crippen molar-refractivity contribution >= 4 is 5.78 Å². The van der Waals surface area contributed by atoms with Crippen molar-refractivity contribution in [2.75, 3.05) is 13.9 Å². The Labute approximate surface area is 133 Å². The number of carbonyl (C=O) groups excluding carboxylic acids is 1. The monoisotopic (exact) mass is 324 g/mol. The summed E-state index contributed by atoms with van der Waals surface area (Å²) in [4.78, 5) is 11.6. The highest BCUT2D eigenvalue weighted by Crippen LogP contribution is 2.44. The molecule has 0 unspecified atom stereocenters. The Morgan fingerprint density at radius 3 is 2.87 bits per heavy atom. The third kappa shape index (κ3) is 2.72. The van der Waals surface area contributed by atoms with Gasteiger partial charge in [0.1, 0.15) is 17.2 Å². The van der Waals surface area contributed by atoms with Gasteiger partial charge in [0.2, 0.25) is 0 Å². The highest BCUT2D eigenvalue weighted by Gasteiger charge is 2.49. The molecule has 0 N–H and O–H groups in total. The molecule has 124 valence electrons. The Kier molecular flexibility index (Phi) is 4.10. The van der Waals surface area contributed by atoms with Gasteiger partial charge < -0.3 is 14.2 Å². The summed E-state index contributed by atoms with van der Waals surface area (Å²) < 4.78 is 43.9. The molecule has 1 aliphatic heterocycles. The number of benzene rings is 1. The standard InChI is InChI=1S/C17H18F2O4/c1-10(5-11-6-14(19)15(21-2)8-13(11)18)17-4-3-12(20)7-16(17)22-9-23-17/h6-8,10H,3-5,9H2,1-2H3/t10-,17-/m1/s1. The van der Waals surface area contributed by atoms with Gasteiger partial charge in [-0.15, -0.1) is 0 Å². The number of ether oxygens (including phenoxy) is 3. The number of carbonyl (C=O) groups is 1. The van der Waals surface area contributed by atoms with Gasteiger partial charge in [-0.05, 0) is 30.4 Å². The maximum absolute atomic E-state index is 14.2. The van der Waals surface area contributed by atoms with Crippen LogP contribution in [0.1, 0.15) is 25.3 Å². The van der Waals surface area contributed by atoms with Gasteiger partial charge in [0.25, 0.3) is 0 Å². The molecule has 1 aromatic carbocycles. The smallest absolute Gasteiger partial charge is 0.189 e.